The fourth-order valence-electron chi connectivity index (χ4n) is 2.16. The Kier molecular flexibility index (Phi) is 5.02. The molecular weight excluding hydrogens is 330 g/mol. The minimum absolute atomic E-state index is 0.291. The summed E-state index contributed by atoms with van der Waals surface area (Å²) in [5.41, 5.74) is 3.73. The average Bonchev–Trinajstić information content (AvgIpc) is 2.47. The van der Waals surface area contributed by atoms with E-state index in [0.29, 0.717) is 12.2 Å². The lowest BCUT2D eigenvalue weighted by molar-refractivity contribution is 0.0526. The fourth-order valence-corrected chi connectivity index (χ4v) is 2.52. The van der Waals surface area contributed by atoms with Crippen LogP contribution in [0.3, 0.4) is 0 Å². The normalized spacial score (nSPS) is 10.3. The number of nitrogens with zero attached hydrogens (tertiary/aromatic N) is 1. The molecule has 0 aliphatic rings. The Balaban J connectivity index is 2.49. The van der Waals surface area contributed by atoms with Crippen LogP contribution in [0.1, 0.15) is 17.3 Å². The van der Waals surface area contributed by atoms with Gasteiger partial charge in [-0.2, -0.15) is 0 Å². The van der Waals surface area contributed by atoms with Crippen LogP contribution in [0.2, 0.25) is 0 Å². The largest absolute Gasteiger partial charge is 0.462 e. The number of esters is 1. The van der Waals surface area contributed by atoms with Crippen LogP contribution in [-0.2, 0) is 4.74 Å². The lowest BCUT2D eigenvalue weighted by atomic mass is 10.0. The first kappa shape index (κ1) is 15.6. The van der Waals surface area contributed by atoms with E-state index in [2.05, 4.69) is 33.0 Å². The Hall–Kier alpha value is -1.81. The van der Waals surface area contributed by atoms with Crippen molar-refractivity contribution in [1.29, 1.82) is 0 Å². The quantitative estimate of drug-likeness (QED) is 0.769. The number of rotatable bonds is 4. The third-order valence-corrected chi connectivity index (χ3v) is 3.62. The SMILES string of the molecule is CCOC(=O)c1cccc(-c2cc(Br)ccc2N(C)C)c1. The molecule has 0 radical (unpaired) electrons. The summed E-state index contributed by atoms with van der Waals surface area (Å²) in [6.07, 6.45) is 0. The maximum absolute atomic E-state index is 11.9. The van der Waals surface area contributed by atoms with Gasteiger partial charge in [-0.05, 0) is 42.8 Å². The van der Waals surface area contributed by atoms with Crippen molar-refractivity contribution in [1.82, 2.24) is 0 Å². The Labute approximate surface area is 133 Å². The summed E-state index contributed by atoms with van der Waals surface area (Å²) in [7, 11) is 4.00. The monoisotopic (exact) mass is 347 g/mol. The third kappa shape index (κ3) is 3.64. The molecule has 0 bridgehead atoms. The molecule has 0 saturated heterocycles. The van der Waals surface area contributed by atoms with Crippen molar-refractivity contribution in [3.63, 3.8) is 0 Å². The highest BCUT2D eigenvalue weighted by Crippen LogP contribution is 2.33. The van der Waals surface area contributed by atoms with Crippen molar-refractivity contribution < 1.29 is 9.53 Å². The summed E-state index contributed by atoms with van der Waals surface area (Å²) in [6.45, 7) is 2.18. The molecule has 0 amide bonds. The van der Waals surface area contributed by atoms with Gasteiger partial charge >= 0.3 is 5.97 Å². The Morgan fingerprint density at radius 3 is 2.62 bits per heavy atom. The zero-order valence-electron chi connectivity index (χ0n) is 12.4. The predicted octanol–water partition coefficient (Wildman–Crippen LogP) is 4.36. The lowest BCUT2D eigenvalue weighted by Crippen LogP contribution is -2.10. The van der Waals surface area contributed by atoms with Crippen molar-refractivity contribution in [2.24, 2.45) is 0 Å². The first-order chi connectivity index (χ1) is 10.0. The summed E-state index contributed by atoms with van der Waals surface area (Å²) >= 11 is 3.50. The maximum Gasteiger partial charge on any atom is 0.338 e. The van der Waals surface area contributed by atoms with Crippen LogP contribution in [-0.4, -0.2) is 26.7 Å². The van der Waals surface area contributed by atoms with Crippen LogP contribution in [0.4, 0.5) is 5.69 Å². The van der Waals surface area contributed by atoms with Gasteiger partial charge in [-0.3, -0.25) is 0 Å². The second-order valence-corrected chi connectivity index (χ2v) is 5.77. The molecule has 0 aliphatic heterocycles. The first-order valence-corrected chi connectivity index (χ1v) is 7.56. The molecule has 0 spiro atoms. The molecule has 3 nitrogen and oxygen atoms in total. The summed E-state index contributed by atoms with van der Waals surface area (Å²) in [5.74, 6) is -0.291. The highest BCUT2D eigenvalue weighted by molar-refractivity contribution is 9.10. The maximum atomic E-state index is 11.9. The first-order valence-electron chi connectivity index (χ1n) is 6.77. The summed E-state index contributed by atoms with van der Waals surface area (Å²) < 4.78 is 6.07. The molecule has 0 aromatic heterocycles. The Morgan fingerprint density at radius 2 is 1.95 bits per heavy atom. The molecule has 110 valence electrons. The van der Waals surface area contributed by atoms with Crippen LogP contribution >= 0.6 is 15.9 Å². The van der Waals surface area contributed by atoms with Gasteiger partial charge in [0.2, 0.25) is 0 Å². The number of carbonyl (C=O) groups is 1. The van der Waals surface area contributed by atoms with Crippen LogP contribution < -0.4 is 4.90 Å². The Bertz CT molecular complexity index is 653. The lowest BCUT2D eigenvalue weighted by Gasteiger charge is -2.18. The van der Waals surface area contributed by atoms with Gasteiger partial charge in [-0.1, -0.05) is 28.1 Å². The molecule has 4 heteroatoms. The highest BCUT2D eigenvalue weighted by Gasteiger charge is 2.11. The van der Waals surface area contributed by atoms with E-state index < -0.39 is 0 Å². The second-order valence-electron chi connectivity index (χ2n) is 4.86. The van der Waals surface area contributed by atoms with Crippen molar-refractivity contribution >= 4 is 27.6 Å². The van der Waals surface area contributed by atoms with Crippen LogP contribution in [0.25, 0.3) is 11.1 Å². The van der Waals surface area contributed by atoms with Gasteiger partial charge in [0, 0.05) is 29.8 Å². The van der Waals surface area contributed by atoms with E-state index in [0.717, 1.165) is 21.3 Å². The molecule has 0 saturated carbocycles. The highest BCUT2D eigenvalue weighted by atomic mass is 79.9. The molecule has 0 unspecified atom stereocenters. The smallest absolute Gasteiger partial charge is 0.338 e. The van der Waals surface area contributed by atoms with Crippen LogP contribution in [0, 0.1) is 0 Å². The number of carbonyl (C=O) groups excluding carboxylic acids is 1. The fraction of sp³-hybridized carbons (Fsp3) is 0.235. The van der Waals surface area contributed by atoms with E-state index >= 15 is 0 Å². The number of ether oxygens (including phenoxy) is 1. The zero-order valence-corrected chi connectivity index (χ0v) is 14.0. The van der Waals surface area contributed by atoms with Crippen molar-refractivity contribution in [3.8, 4) is 11.1 Å². The van der Waals surface area contributed by atoms with Gasteiger partial charge in [0.05, 0.1) is 12.2 Å². The number of hydrogen-bond acceptors (Lipinski definition) is 3. The van der Waals surface area contributed by atoms with E-state index in [4.69, 9.17) is 4.74 Å². The summed E-state index contributed by atoms with van der Waals surface area (Å²) in [6, 6.07) is 13.6. The van der Waals surface area contributed by atoms with E-state index in [1.54, 1.807) is 13.0 Å². The van der Waals surface area contributed by atoms with E-state index in [1.807, 2.05) is 38.4 Å². The minimum atomic E-state index is -0.291. The molecular formula is C17H18BrNO2. The summed E-state index contributed by atoms with van der Waals surface area (Å²) in [4.78, 5) is 13.9. The van der Waals surface area contributed by atoms with Crippen molar-refractivity contribution in [2.75, 3.05) is 25.6 Å². The predicted molar refractivity (Wildman–Crippen MR) is 89.9 cm³/mol. The van der Waals surface area contributed by atoms with Gasteiger partial charge in [-0.15, -0.1) is 0 Å². The van der Waals surface area contributed by atoms with Gasteiger partial charge < -0.3 is 9.64 Å². The Morgan fingerprint density at radius 1 is 1.19 bits per heavy atom. The second kappa shape index (κ2) is 6.76. The molecule has 2 aromatic rings. The number of hydrogen-bond donors (Lipinski definition) is 0. The molecule has 2 rings (SSSR count). The third-order valence-electron chi connectivity index (χ3n) is 3.13. The molecule has 0 heterocycles. The summed E-state index contributed by atoms with van der Waals surface area (Å²) in [5, 5.41) is 0. The zero-order chi connectivity index (χ0) is 15.4. The van der Waals surface area contributed by atoms with E-state index in [9.17, 15) is 4.79 Å². The van der Waals surface area contributed by atoms with Crippen molar-refractivity contribution in [2.45, 2.75) is 6.92 Å². The molecule has 0 aliphatic carbocycles. The topological polar surface area (TPSA) is 29.5 Å². The molecule has 2 aromatic carbocycles. The number of benzene rings is 2. The van der Waals surface area contributed by atoms with E-state index in [-0.39, 0.29) is 5.97 Å². The molecule has 0 N–H and O–H groups in total. The number of anilines is 1. The van der Waals surface area contributed by atoms with Gasteiger partial charge in [-0.25, -0.2) is 4.79 Å². The standard InChI is InChI=1S/C17H18BrNO2/c1-4-21-17(20)13-7-5-6-12(10-13)15-11-14(18)8-9-16(15)19(2)3/h5-11H,4H2,1-3H3. The number of halogens is 1. The molecule has 0 fully saturated rings. The van der Waals surface area contributed by atoms with Gasteiger partial charge in [0.15, 0.2) is 0 Å². The van der Waals surface area contributed by atoms with Crippen LogP contribution in [0.15, 0.2) is 46.9 Å². The van der Waals surface area contributed by atoms with E-state index in [1.165, 1.54) is 0 Å². The minimum Gasteiger partial charge on any atom is -0.462 e. The van der Waals surface area contributed by atoms with Crippen molar-refractivity contribution in [3.05, 3.63) is 52.5 Å². The average molecular weight is 348 g/mol. The molecule has 21 heavy (non-hydrogen) atoms. The van der Waals surface area contributed by atoms with Gasteiger partial charge in [0.25, 0.3) is 0 Å². The van der Waals surface area contributed by atoms with Crippen LogP contribution in [0.5, 0.6) is 0 Å². The molecule has 0 atom stereocenters. The van der Waals surface area contributed by atoms with Gasteiger partial charge in [0.1, 0.15) is 0 Å².